The minimum absolute atomic E-state index is 0.208. The monoisotopic (exact) mass is 281 g/mol. The molecule has 0 saturated heterocycles. The second kappa shape index (κ2) is 9.65. The Bertz CT molecular complexity index is 404. The second-order valence-corrected chi connectivity index (χ2v) is 5.10. The van der Waals surface area contributed by atoms with E-state index >= 15 is 0 Å². The molecule has 0 spiro atoms. The maximum Gasteiger partial charge on any atom is 0.162 e. The first kappa shape index (κ1) is 16.8. The summed E-state index contributed by atoms with van der Waals surface area (Å²) in [6.45, 7) is 6.58. The number of benzene rings is 1. The maximum absolute atomic E-state index is 13.7. The Morgan fingerprint density at radius 1 is 1.25 bits per heavy atom. The van der Waals surface area contributed by atoms with Gasteiger partial charge in [0.2, 0.25) is 0 Å². The predicted molar refractivity (Wildman–Crippen MR) is 80.8 cm³/mol. The smallest absolute Gasteiger partial charge is 0.162 e. The van der Waals surface area contributed by atoms with E-state index in [9.17, 15) is 8.78 Å². The molecule has 1 unspecified atom stereocenters. The molecule has 0 aliphatic carbocycles. The van der Waals surface area contributed by atoms with Crippen molar-refractivity contribution in [1.82, 2.24) is 5.32 Å². The molecule has 1 N–H and O–H groups in total. The Morgan fingerprint density at radius 2 is 2.05 bits per heavy atom. The number of allylic oxidation sites excluding steroid dienone is 1. The lowest BCUT2D eigenvalue weighted by Crippen LogP contribution is -2.31. The van der Waals surface area contributed by atoms with Crippen LogP contribution in [0.1, 0.15) is 44.6 Å². The van der Waals surface area contributed by atoms with Gasteiger partial charge >= 0.3 is 0 Å². The predicted octanol–water partition coefficient (Wildman–Crippen LogP) is 4.62. The number of likely N-dealkylation sites (N-methyl/N-ethyl adjacent to an activating group) is 1. The van der Waals surface area contributed by atoms with Gasteiger partial charge in [-0.1, -0.05) is 38.0 Å². The van der Waals surface area contributed by atoms with Crippen molar-refractivity contribution >= 4 is 0 Å². The number of nitrogens with one attached hydrogen (secondary N) is 1. The average Bonchev–Trinajstić information content (AvgIpc) is 2.43. The van der Waals surface area contributed by atoms with Crippen molar-refractivity contribution < 1.29 is 8.78 Å². The van der Waals surface area contributed by atoms with Crippen LogP contribution in [0.5, 0.6) is 0 Å². The molecule has 0 heterocycles. The van der Waals surface area contributed by atoms with Crippen LogP contribution in [0.4, 0.5) is 8.78 Å². The van der Waals surface area contributed by atoms with Crippen LogP contribution in [0.2, 0.25) is 0 Å². The minimum Gasteiger partial charge on any atom is -0.314 e. The van der Waals surface area contributed by atoms with Gasteiger partial charge in [-0.05, 0) is 43.9 Å². The normalized spacial score (nSPS) is 12.3. The van der Waals surface area contributed by atoms with Crippen LogP contribution in [0.15, 0.2) is 30.9 Å². The van der Waals surface area contributed by atoms with Gasteiger partial charge < -0.3 is 5.32 Å². The van der Waals surface area contributed by atoms with Crippen molar-refractivity contribution in [3.05, 3.63) is 48.1 Å². The number of halogens is 2. The van der Waals surface area contributed by atoms with Gasteiger partial charge in [0.1, 0.15) is 0 Å². The van der Waals surface area contributed by atoms with Crippen LogP contribution in [0, 0.1) is 11.6 Å². The summed E-state index contributed by atoms with van der Waals surface area (Å²) in [5.41, 5.74) is 0.460. The minimum atomic E-state index is -0.760. The maximum atomic E-state index is 13.7. The summed E-state index contributed by atoms with van der Waals surface area (Å²) in [5, 5.41) is 3.36. The van der Waals surface area contributed by atoms with Crippen molar-refractivity contribution in [3.8, 4) is 0 Å². The highest BCUT2D eigenvalue weighted by atomic mass is 19.2. The summed E-state index contributed by atoms with van der Waals surface area (Å²) in [6, 6.07) is 4.61. The molecule has 0 bridgehead atoms. The van der Waals surface area contributed by atoms with E-state index in [1.165, 1.54) is 0 Å². The summed E-state index contributed by atoms with van der Waals surface area (Å²) in [6.07, 6.45) is 7.91. The first-order valence-corrected chi connectivity index (χ1v) is 7.46. The molecule has 0 saturated carbocycles. The largest absolute Gasteiger partial charge is 0.314 e. The van der Waals surface area contributed by atoms with Crippen molar-refractivity contribution in [2.24, 2.45) is 0 Å². The standard InChI is InChI=1S/C17H25F2N/c1-3-5-6-7-8-11-15(20-4-2)13-14-10-9-12-16(18)17(14)19/h3,9-10,12,15,20H,1,4-8,11,13H2,2H3. The molecule has 3 heteroatoms. The van der Waals surface area contributed by atoms with Crippen LogP contribution < -0.4 is 5.32 Å². The summed E-state index contributed by atoms with van der Waals surface area (Å²) in [7, 11) is 0. The van der Waals surface area contributed by atoms with Gasteiger partial charge in [-0.2, -0.15) is 0 Å². The fourth-order valence-corrected chi connectivity index (χ4v) is 2.39. The number of hydrogen-bond acceptors (Lipinski definition) is 1. The van der Waals surface area contributed by atoms with Crippen LogP contribution in [-0.4, -0.2) is 12.6 Å². The van der Waals surface area contributed by atoms with E-state index in [-0.39, 0.29) is 6.04 Å². The second-order valence-electron chi connectivity index (χ2n) is 5.10. The van der Waals surface area contributed by atoms with Gasteiger partial charge in [0.25, 0.3) is 0 Å². The quantitative estimate of drug-likeness (QED) is 0.487. The third-order valence-corrected chi connectivity index (χ3v) is 3.45. The lowest BCUT2D eigenvalue weighted by atomic mass is 9.99. The SMILES string of the molecule is C=CCCCCCC(Cc1cccc(F)c1F)NCC. The van der Waals surface area contributed by atoms with Crippen LogP contribution in [-0.2, 0) is 6.42 Å². The lowest BCUT2D eigenvalue weighted by Gasteiger charge is -2.18. The summed E-state index contributed by atoms with van der Waals surface area (Å²) >= 11 is 0. The molecule has 0 aliphatic heterocycles. The van der Waals surface area contributed by atoms with Gasteiger partial charge in [0.15, 0.2) is 11.6 Å². The molecular formula is C17H25F2N. The Hall–Kier alpha value is -1.22. The van der Waals surface area contributed by atoms with E-state index in [0.717, 1.165) is 44.7 Å². The van der Waals surface area contributed by atoms with E-state index in [1.807, 2.05) is 13.0 Å². The Balaban J connectivity index is 2.49. The molecule has 112 valence electrons. The van der Waals surface area contributed by atoms with Crippen LogP contribution >= 0.6 is 0 Å². The molecule has 1 rings (SSSR count). The lowest BCUT2D eigenvalue weighted by molar-refractivity contribution is 0.446. The molecule has 1 atom stereocenters. The third kappa shape index (κ3) is 5.83. The molecule has 1 nitrogen and oxygen atoms in total. The fraction of sp³-hybridized carbons (Fsp3) is 0.529. The van der Waals surface area contributed by atoms with Gasteiger partial charge in [0.05, 0.1) is 0 Å². The molecular weight excluding hydrogens is 256 g/mol. The Morgan fingerprint density at radius 3 is 2.75 bits per heavy atom. The first-order valence-electron chi connectivity index (χ1n) is 7.46. The summed E-state index contributed by atoms with van der Waals surface area (Å²) < 4.78 is 26.9. The highest BCUT2D eigenvalue weighted by Gasteiger charge is 2.13. The van der Waals surface area contributed by atoms with Crippen molar-refractivity contribution in [2.45, 2.75) is 51.5 Å². The van der Waals surface area contributed by atoms with Gasteiger partial charge in [-0.3, -0.25) is 0 Å². The van der Waals surface area contributed by atoms with E-state index in [2.05, 4.69) is 11.9 Å². The molecule has 20 heavy (non-hydrogen) atoms. The molecule has 0 radical (unpaired) electrons. The molecule has 0 aromatic heterocycles. The van der Waals surface area contributed by atoms with E-state index in [1.54, 1.807) is 12.1 Å². The van der Waals surface area contributed by atoms with Gasteiger partial charge in [-0.25, -0.2) is 8.78 Å². The van der Waals surface area contributed by atoms with Crippen molar-refractivity contribution in [2.75, 3.05) is 6.54 Å². The number of rotatable bonds is 10. The Kier molecular flexibility index (Phi) is 8.12. The highest BCUT2D eigenvalue weighted by Crippen LogP contribution is 2.16. The first-order chi connectivity index (χ1) is 9.69. The summed E-state index contributed by atoms with van der Waals surface area (Å²) in [4.78, 5) is 0. The Labute approximate surface area is 121 Å². The molecule has 1 aromatic carbocycles. The summed E-state index contributed by atoms with van der Waals surface area (Å²) in [5.74, 6) is -1.47. The molecule has 0 amide bonds. The van der Waals surface area contributed by atoms with Gasteiger partial charge in [-0.15, -0.1) is 6.58 Å². The van der Waals surface area contributed by atoms with Crippen molar-refractivity contribution in [1.29, 1.82) is 0 Å². The van der Waals surface area contributed by atoms with E-state index in [4.69, 9.17) is 0 Å². The van der Waals surface area contributed by atoms with Gasteiger partial charge in [0, 0.05) is 6.04 Å². The third-order valence-electron chi connectivity index (χ3n) is 3.45. The molecule has 0 fully saturated rings. The number of hydrogen-bond donors (Lipinski definition) is 1. The van der Waals surface area contributed by atoms with Crippen LogP contribution in [0.3, 0.4) is 0 Å². The average molecular weight is 281 g/mol. The fourth-order valence-electron chi connectivity index (χ4n) is 2.39. The van der Waals surface area contributed by atoms with Crippen molar-refractivity contribution in [3.63, 3.8) is 0 Å². The van der Waals surface area contributed by atoms with E-state index in [0.29, 0.717) is 12.0 Å². The molecule has 0 aliphatic rings. The zero-order chi connectivity index (χ0) is 14.8. The number of unbranched alkanes of at least 4 members (excludes halogenated alkanes) is 3. The van der Waals surface area contributed by atoms with Crippen LogP contribution in [0.25, 0.3) is 0 Å². The zero-order valence-electron chi connectivity index (χ0n) is 12.3. The molecule has 1 aromatic rings. The topological polar surface area (TPSA) is 12.0 Å². The highest BCUT2D eigenvalue weighted by molar-refractivity contribution is 5.20. The zero-order valence-corrected chi connectivity index (χ0v) is 12.3. The van der Waals surface area contributed by atoms with E-state index < -0.39 is 11.6 Å².